The quantitative estimate of drug-likeness (QED) is 0.709. The van der Waals surface area contributed by atoms with Gasteiger partial charge in [-0.25, -0.2) is 0 Å². The summed E-state index contributed by atoms with van der Waals surface area (Å²) in [7, 11) is 0. The molecule has 1 aliphatic carbocycles. The second-order valence-electron chi connectivity index (χ2n) is 5.12. The minimum atomic E-state index is 0.360. The van der Waals surface area contributed by atoms with E-state index in [1.54, 1.807) is 0 Å². The van der Waals surface area contributed by atoms with Crippen LogP contribution in [0.4, 0.5) is 0 Å². The minimum Gasteiger partial charge on any atom is -0.342 e. The fourth-order valence-electron chi connectivity index (χ4n) is 2.46. The molecule has 3 unspecified atom stereocenters. The molecule has 2 rings (SSSR count). The lowest BCUT2D eigenvalue weighted by Gasteiger charge is -2.23. The lowest BCUT2D eigenvalue weighted by molar-refractivity contribution is -0.133. The molecule has 0 bridgehead atoms. The van der Waals surface area contributed by atoms with E-state index in [1.165, 1.54) is 19.3 Å². The smallest absolute Gasteiger partial charge is 0.225 e. The van der Waals surface area contributed by atoms with E-state index in [4.69, 9.17) is 0 Å². The fourth-order valence-corrected chi connectivity index (χ4v) is 2.99. The topological polar surface area (TPSA) is 20.3 Å². The zero-order valence-corrected chi connectivity index (χ0v) is 11.0. The normalized spacial score (nSPS) is 36.1. The summed E-state index contributed by atoms with van der Waals surface area (Å²) in [5.41, 5.74) is 0. The number of hydrogen-bond donors (Lipinski definition) is 0. The van der Waals surface area contributed by atoms with Crippen LogP contribution in [0.1, 0.15) is 32.6 Å². The van der Waals surface area contributed by atoms with Crippen LogP contribution >= 0.6 is 15.9 Å². The molecule has 3 atom stereocenters. The highest BCUT2D eigenvalue weighted by Gasteiger charge is 2.41. The van der Waals surface area contributed by atoms with Crippen molar-refractivity contribution in [2.75, 3.05) is 18.4 Å². The van der Waals surface area contributed by atoms with Crippen LogP contribution in [0.5, 0.6) is 0 Å². The van der Waals surface area contributed by atoms with Gasteiger partial charge in [0.25, 0.3) is 0 Å². The maximum Gasteiger partial charge on any atom is 0.225 e. The number of alkyl halides is 1. The molecule has 1 saturated heterocycles. The monoisotopic (exact) mass is 273 g/mol. The predicted octanol–water partition coefficient (Wildman–Crippen LogP) is 2.67. The zero-order valence-electron chi connectivity index (χ0n) is 9.42. The molecule has 1 heterocycles. The zero-order chi connectivity index (χ0) is 10.8. The first-order chi connectivity index (χ1) is 7.22. The Hall–Kier alpha value is -0.0500. The summed E-state index contributed by atoms with van der Waals surface area (Å²) in [6.07, 6.45) is 4.86. The Balaban J connectivity index is 1.91. The minimum absolute atomic E-state index is 0.360. The third-order valence-corrected chi connectivity index (χ3v) is 4.64. The van der Waals surface area contributed by atoms with Crippen LogP contribution in [-0.4, -0.2) is 29.2 Å². The van der Waals surface area contributed by atoms with E-state index in [1.807, 2.05) is 0 Å². The Morgan fingerprint density at radius 2 is 2.20 bits per heavy atom. The summed E-state index contributed by atoms with van der Waals surface area (Å²) in [4.78, 5) is 14.2. The SMILES string of the molecule is CC1CC1C(=O)N1CCCCC(CBr)C1. The van der Waals surface area contributed by atoms with Crippen molar-refractivity contribution in [1.29, 1.82) is 0 Å². The lowest BCUT2D eigenvalue weighted by Crippen LogP contribution is -2.36. The van der Waals surface area contributed by atoms with Gasteiger partial charge in [0.1, 0.15) is 0 Å². The molecule has 15 heavy (non-hydrogen) atoms. The molecular formula is C12H20BrNO. The van der Waals surface area contributed by atoms with Gasteiger partial charge < -0.3 is 4.90 Å². The van der Waals surface area contributed by atoms with Crippen LogP contribution in [0, 0.1) is 17.8 Å². The van der Waals surface area contributed by atoms with E-state index < -0.39 is 0 Å². The van der Waals surface area contributed by atoms with Crippen LogP contribution in [0.25, 0.3) is 0 Å². The first-order valence-corrected chi connectivity index (χ1v) is 7.19. The number of carbonyl (C=O) groups is 1. The molecule has 0 aromatic rings. The standard InChI is InChI=1S/C12H20BrNO/c1-9-6-11(9)12(15)14-5-3-2-4-10(7-13)8-14/h9-11H,2-8H2,1H3. The van der Waals surface area contributed by atoms with Crippen molar-refractivity contribution in [2.45, 2.75) is 32.6 Å². The maximum absolute atomic E-state index is 12.1. The number of rotatable bonds is 2. The van der Waals surface area contributed by atoms with E-state index in [0.717, 1.165) is 24.8 Å². The second kappa shape index (κ2) is 4.86. The lowest BCUT2D eigenvalue weighted by atomic mass is 10.1. The molecule has 2 fully saturated rings. The molecule has 0 radical (unpaired) electrons. The Labute approximate surface area is 101 Å². The van der Waals surface area contributed by atoms with Crippen molar-refractivity contribution in [2.24, 2.45) is 17.8 Å². The predicted molar refractivity (Wildman–Crippen MR) is 65.0 cm³/mol. The van der Waals surface area contributed by atoms with Gasteiger partial charge in [0.2, 0.25) is 5.91 Å². The number of likely N-dealkylation sites (tertiary alicyclic amines) is 1. The van der Waals surface area contributed by atoms with Crippen LogP contribution < -0.4 is 0 Å². The summed E-state index contributed by atoms with van der Waals surface area (Å²) in [5.74, 6) is 2.10. The Bertz CT molecular complexity index is 244. The van der Waals surface area contributed by atoms with Crippen LogP contribution in [0.3, 0.4) is 0 Å². The number of amides is 1. The molecule has 0 spiro atoms. The number of hydrogen-bond acceptors (Lipinski definition) is 1. The molecule has 3 heteroatoms. The molecule has 0 aromatic heterocycles. The van der Waals surface area contributed by atoms with Gasteiger partial charge in [-0.05, 0) is 31.1 Å². The van der Waals surface area contributed by atoms with Crippen LogP contribution in [0.15, 0.2) is 0 Å². The van der Waals surface area contributed by atoms with Crippen LogP contribution in [-0.2, 0) is 4.79 Å². The average molecular weight is 274 g/mol. The van der Waals surface area contributed by atoms with Gasteiger partial charge >= 0.3 is 0 Å². The Morgan fingerprint density at radius 3 is 2.80 bits per heavy atom. The maximum atomic E-state index is 12.1. The van der Waals surface area contributed by atoms with Crippen LogP contribution in [0.2, 0.25) is 0 Å². The van der Waals surface area contributed by atoms with Gasteiger partial charge in [0.05, 0.1) is 0 Å². The van der Waals surface area contributed by atoms with Gasteiger partial charge in [-0.1, -0.05) is 29.3 Å². The van der Waals surface area contributed by atoms with Gasteiger partial charge in [-0.15, -0.1) is 0 Å². The van der Waals surface area contributed by atoms with Gasteiger partial charge in [-0.2, -0.15) is 0 Å². The number of carbonyl (C=O) groups excluding carboxylic acids is 1. The summed E-state index contributed by atoms with van der Waals surface area (Å²) in [6.45, 7) is 4.15. The molecule has 0 aromatic carbocycles. The second-order valence-corrected chi connectivity index (χ2v) is 5.77. The van der Waals surface area contributed by atoms with Gasteiger partial charge in [0.15, 0.2) is 0 Å². The van der Waals surface area contributed by atoms with Crippen molar-refractivity contribution < 1.29 is 4.79 Å². The van der Waals surface area contributed by atoms with Crippen molar-refractivity contribution in [1.82, 2.24) is 4.90 Å². The highest BCUT2D eigenvalue weighted by atomic mass is 79.9. The summed E-state index contributed by atoms with van der Waals surface area (Å²) >= 11 is 3.55. The van der Waals surface area contributed by atoms with E-state index in [9.17, 15) is 4.79 Å². The first kappa shape index (κ1) is 11.4. The Kier molecular flexibility index (Phi) is 3.70. The van der Waals surface area contributed by atoms with Crippen molar-refractivity contribution >= 4 is 21.8 Å². The average Bonchev–Trinajstić information content (AvgIpc) is 2.99. The number of halogens is 1. The third kappa shape index (κ3) is 2.74. The highest BCUT2D eigenvalue weighted by Crippen LogP contribution is 2.39. The van der Waals surface area contributed by atoms with E-state index >= 15 is 0 Å². The fraction of sp³-hybridized carbons (Fsp3) is 0.917. The molecule has 2 aliphatic rings. The summed E-state index contributed by atoms with van der Waals surface area (Å²) in [6, 6.07) is 0. The van der Waals surface area contributed by atoms with E-state index in [0.29, 0.717) is 23.7 Å². The number of nitrogens with zero attached hydrogens (tertiary/aromatic N) is 1. The van der Waals surface area contributed by atoms with Crippen molar-refractivity contribution in [3.05, 3.63) is 0 Å². The molecule has 2 nitrogen and oxygen atoms in total. The molecule has 1 saturated carbocycles. The van der Waals surface area contributed by atoms with Crippen molar-refractivity contribution in [3.8, 4) is 0 Å². The first-order valence-electron chi connectivity index (χ1n) is 6.07. The van der Waals surface area contributed by atoms with Crippen molar-refractivity contribution in [3.63, 3.8) is 0 Å². The molecule has 1 aliphatic heterocycles. The molecule has 86 valence electrons. The highest BCUT2D eigenvalue weighted by molar-refractivity contribution is 9.09. The molecular weight excluding hydrogens is 254 g/mol. The molecule has 0 N–H and O–H groups in total. The van der Waals surface area contributed by atoms with Gasteiger partial charge in [0, 0.05) is 24.3 Å². The van der Waals surface area contributed by atoms with Gasteiger partial charge in [-0.3, -0.25) is 4.79 Å². The van der Waals surface area contributed by atoms with E-state index in [-0.39, 0.29) is 0 Å². The molecule has 1 amide bonds. The summed E-state index contributed by atoms with van der Waals surface area (Å²) in [5, 5.41) is 1.04. The summed E-state index contributed by atoms with van der Waals surface area (Å²) < 4.78 is 0. The third-order valence-electron chi connectivity index (χ3n) is 3.73. The largest absolute Gasteiger partial charge is 0.342 e. The van der Waals surface area contributed by atoms with E-state index in [2.05, 4.69) is 27.8 Å². The Morgan fingerprint density at radius 1 is 1.47 bits per heavy atom.